The van der Waals surface area contributed by atoms with Gasteiger partial charge in [-0.3, -0.25) is 4.98 Å². The van der Waals surface area contributed by atoms with E-state index in [4.69, 9.17) is 4.74 Å². The molecule has 2 aromatic heterocycles. The van der Waals surface area contributed by atoms with Crippen molar-refractivity contribution in [1.82, 2.24) is 8.96 Å². The van der Waals surface area contributed by atoms with Crippen molar-refractivity contribution in [3.63, 3.8) is 0 Å². The molecule has 0 unspecified atom stereocenters. The highest BCUT2D eigenvalue weighted by Crippen LogP contribution is 2.38. The van der Waals surface area contributed by atoms with E-state index in [1.54, 1.807) is 19.1 Å². The van der Waals surface area contributed by atoms with E-state index in [0.29, 0.717) is 11.3 Å². The number of nitrogens with zero attached hydrogens (tertiary/aromatic N) is 2. The summed E-state index contributed by atoms with van der Waals surface area (Å²) in [6.45, 7) is 5.56. The SMILES string of the molecule is [CH2]c1cn(S(=O)(=O)c2ccc(C)nc2)c(-c2ccccc2F)c1OC. The fourth-order valence-electron chi connectivity index (χ4n) is 2.55. The molecule has 1 radical (unpaired) electrons. The van der Waals surface area contributed by atoms with Gasteiger partial charge in [0.25, 0.3) is 10.0 Å². The Morgan fingerprint density at radius 1 is 1.20 bits per heavy atom. The van der Waals surface area contributed by atoms with Gasteiger partial charge in [-0.2, -0.15) is 0 Å². The zero-order valence-electron chi connectivity index (χ0n) is 13.7. The number of aromatic nitrogens is 2. The predicted octanol–water partition coefficient (Wildman–Crippen LogP) is 3.43. The molecule has 0 N–H and O–H groups in total. The van der Waals surface area contributed by atoms with E-state index in [0.717, 1.165) is 3.97 Å². The number of ether oxygens (including phenoxy) is 1. The highest BCUT2D eigenvalue weighted by atomic mass is 32.2. The summed E-state index contributed by atoms with van der Waals surface area (Å²) < 4.78 is 46.7. The Labute approximate surface area is 145 Å². The molecule has 0 aliphatic carbocycles. The zero-order chi connectivity index (χ0) is 18.2. The van der Waals surface area contributed by atoms with E-state index < -0.39 is 15.8 Å². The molecule has 0 atom stereocenters. The van der Waals surface area contributed by atoms with Crippen LogP contribution in [0.2, 0.25) is 0 Å². The summed E-state index contributed by atoms with van der Waals surface area (Å²) in [5, 5.41) is 0. The van der Waals surface area contributed by atoms with Crippen LogP contribution in [0.4, 0.5) is 4.39 Å². The molecule has 0 fully saturated rings. The second-order valence-electron chi connectivity index (χ2n) is 5.45. The van der Waals surface area contributed by atoms with Crippen molar-refractivity contribution in [3.8, 4) is 17.0 Å². The van der Waals surface area contributed by atoms with Gasteiger partial charge in [0.2, 0.25) is 0 Å². The molecule has 0 spiro atoms. The van der Waals surface area contributed by atoms with Crippen molar-refractivity contribution in [3.05, 3.63) is 72.8 Å². The van der Waals surface area contributed by atoms with E-state index in [9.17, 15) is 12.8 Å². The van der Waals surface area contributed by atoms with Gasteiger partial charge in [-0.1, -0.05) is 12.1 Å². The van der Waals surface area contributed by atoms with E-state index in [1.165, 1.54) is 43.8 Å². The molecule has 2 heterocycles. The van der Waals surface area contributed by atoms with Gasteiger partial charge in [-0.15, -0.1) is 0 Å². The number of hydrogen-bond donors (Lipinski definition) is 0. The molecule has 3 aromatic rings. The van der Waals surface area contributed by atoms with Gasteiger partial charge in [-0.25, -0.2) is 16.8 Å². The number of rotatable bonds is 4. The van der Waals surface area contributed by atoms with Crippen molar-refractivity contribution < 1.29 is 17.5 Å². The minimum absolute atomic E-state index is 0.00616. The largest absolute Gasteiger partial charge is 0.494 e. The van der Waals surface area contributed by atoms with Crippen LogP contribution in [-0.2, 0) is 10.0 Å². The Balaban J connectivity index is 2.31. The molecular weight excluding hydrogens is 343 g/mol. The lowest BCUT2D eigenvalue weighted by molar-refractivity contribution is 0.415. The van der Waals surface area contributed by atoms with E-state index in [1.807, 2.05) is 0 Å². The Morgan fingerprint density at radius 2 is 1.92 bits per heavy atom. The number of pyridine rings is 1. The van der Waals surface area contributed by atoms with Crippen LogP contribution < -0.4 is 4.74 Å². The molecule has 7 heteroatoms. The maximum absolute atomic E-state index is 14.3. The maximum atomic E-state index is 14.3. The third kappa shape index (κ3) is 2.91. The van der Waals surface area contributed by atoms with Crippen LogP contribution in [0.5, 0.6) is 5.75 Å². The van der Waals surface area contributed by atoms with Gasteiger partial charge in [-0.05, 0) is 38.1 Å². The number of methoxy groups -OCH3 is 1. The monoisotopic (exact) mass is 359 g/mol. The van der Waals surface area contributed by atoms with Crippen molar-refractivity contribution in [2.24, 2.45) is 0 Å². The van der Waals surface area contributed by atoms with Gasteiger partial charge in [0, 0.05) is 29.2 Å². The molecule has 0 aliphatic heterocycles. The Hall–Kier alpha value is -2.67. The van der Waals surface area contributed by atoms with E-state index >= 15 is 0 Å². The van der Waals surface area contributed by atoms with Crippen molar-refractivity contribution in [1.29, 1.82) is 0 Å². The summed E-state index contributed by atoms with van der Waals surface area (Å²) in [5.74, 6) is -0.355. The first kappa shape index (κ1) is 17.2. The second kappa shape index (κ2) is 6.33. The molecule has 0 saturated carbocycles. The van der Waals surface area contributed by atoms with E-state index in [-0.39, 0.29) is 21.9 Å². The summed E-state index contributed by atoms with van der Waals surface area (Å²) >= 11 is 0. The third-order valence-corrected chi connectivity index (χ3v) is 5.42. The molecule has 0 amide bonds. The Kier molecular flexibility index (Phi) is 4.34. The molecule has 0 bridgehead atoms. The first-order valence-corrected chi connectivity index (χ1v) is 8.84. The Bertz CT molecular complexity index is 1020. The van der Waals surface area contributed by atoms with Crippen LogP contribution in [0, 0.1) is 19.7 Å². The first-order chi connectivity index (χ1) is 11.9. The van der Waals surface area contributed by atoms with Crippen molar-refractivity contribution in [2.45, 2.75) is 11.8 Å². The second-order valence-corrected chi connectivity index (χ2v) is 7.27. The van der Waals surface area contributed by atoms with Gasteiger partial charge in [0.1, 0.15) is 22.2 Å². The minimum atomic E-state index is -4.00. The summed E-state index contributed by atoms with van der Waals surface area (Å²) in [5.41, 5.74) is 1.23. The number of aryl methyl sites for hydroxylation is 1. The standard InChI is InChI=1S/C18H16FN2O3S/c1-12-11-21(25(22,23)14-9-8-13(2)20-10-14)17(18(12)24-3)15-6-4-5-7-16(15)19/h4-11H,1H2,2-3H3. The predicted molar refractivity (Wildman–Crippen MR) is 92.4 cm³/mol. The summed E-state index contributed by atoms with van der Waals surface area (Å²) in [4.78, 5) is 4.02. The summed E-state index contributed by atoms with van der Waals surface area (Å²) in [6, 6.07) is 8.96. The van der Waals surface area contributed by atoms with Crippen LogP contribution in [0.3, 0.4) is 0 Å². The highest BCUT2D eigenvalue weighted by molar-refractivity contribution is 7.90. The van der Waals surface area contributed by atoms with Crippen molar-refractivity contribution in [2.75, 3.05) is 7.11 Å². The molecule has 3 rings (SSSR count). The smallest absolute Gasteiger partial charge is 0.269 e. The molecule has 25 heavy (non-hydrogen) atoms. The van der Waals surface area contributed by atoms with Crippen LogP contribution in [0.25, 0.3) is 11.3 Å². The molecule has 5 nitrogen and oxygen atoms in total. The first-order valence-electron chi connectivity index (χ1n) is 7.40. The van der Waals surface area contributed by atoms with Gasteiger partial charge in [0.05, 0.1) is 7.11 Å². The van der Waals surface area contributed by atoms with Crippen LogP contribution in [-0.4, -0.2) is 24.5 Å². The highest BCUT2D eigenvalue weighted by Gasteiger charge is 2.27. The topological polar surface area (TPSA) is 61.2 Å². The number of hydrogen-bond acceptors (Lipinski definition) is 4. The van der Waals surface area contributed by atoms with Crippen LogP contribution >= 0.6 is 0 Å². The normalized spacial score (nSPS) is 11.5. The quantitative estimate of drug-likeness (QED) is 0.716. The van der Waals surface area contributed by atoms with Crippen LogP contribution in [0.1, 0.15) is 11.3 Å². The number of benzene rings is 1. The van der Waals surface area contributed by atoms with Gasteiger partial charge >= 0.3 is 0 Å². The minimum Gasteiger partial charge on any atom is -0.494 e. The fourth-order valence-corrected chi connectivity index (χ4v) is 3.89. The van der Waals surface area contributed by atoms with Gasteiger partial charge < -0.3 is 4.74 Å². The zero-order valence-corrected chi connectivity index (χ0v) is 14.5. The molecule has 129 valence electrons. The molecule has 0 saturated heterocycles. The number of halogens is 1. The molecular formula is C18H16FN2O3S. The lowest BCUT2D eigenvalue weighted by atomic mass is 10.1. The third-order valence-electron chi connectivity index (χ3n) is 3.77. The van der Waals surface area contributed by atoms with Gasteiger partial charge in [0.15, 0.2) is 0 Å². The summed E-state index contributed by atoms with van der Waals surface area (Å²) in [7, 11) is -2.61. The lowest BCUT2D eigenvalue weighted by Crippen LogP contribution is -2.14. The Morgan fingerprint density at radius 3 is 2.52 bits per heavy atom. The van der Waals surface area contributed by atoms with E-state index in [2.05, 4.69) is 11.9 Å². The average molecular weight is 359 g/mol. The lowest BCUT2D eigenvalue weighted by Gasteiger charge is -2.12. The fraction of sp³-hybridized carbons (Fsp3) is 0.111. The summed E-state index contributed by atoms with van der Waals surface area (Å²) in [6.07, 6.45) is 2.58. The molecule has 1 aromatic carbocycles. The maximum Gasteiger partial charge on any atom is 0.269 e. The molecule has 0 aliphatic rings. The average Bonchev–Trinajstić information content (AvgIpc) is 2.92. The van der Waals surface area contributed by atoms with Crippen molar-refractivity contribution >= 4 is 10.0 Å². The van der Waals surface area contributed by atoms with Crippen LogP contribution in [0.15, 0.2) is 53.7 Å².